The van der Waals surface area contributed by atoms with Gasteiger partial charge in [-0.3, -0.25) is 4.57 Å². The van der Waals surface area contributed by atoms with Gasteiger partial charge >= 0.3 is 7.60 Å². The summed E-state index contributed by atoms with van der Waals surface area (Å²) in [7, 11) is -0.281. The zero-order chi connectivity index (χ0) is 14.9. The molecule has 2 unspecified atom stereocenters. The van der Waals surface area contributed by atoms with Crippen LogP contribution in [0.15, 0.2) is 60.7 Å². The summed E-state index contributed by atoms with van der Waals surface area (Å²) in [6.45, 7) is 0. The Morgan fingerprint density at radius 1 is 0.952 bits per heavy atom. The molecule has 2 aromatic carbocycles. The molecule has 1 aliphatic rings. The van der Waals surface area contributed by atoms with Crippen molar-refractivity contribution in [2.75, 3.05) is 14.2 Å². The molecule has 2 aromatic rings. The first-order valence-corrected chi connectivity index (χ1v) is 8.54. The van der Waals surface area contributed by atoms with Crippen LogP contribution in [0.4, 0.5) is 0 Å². The summed E-state index contributed by atoms with van der Waals surface area (Å²) in [6, 6.07) is 20.1. The zero-order valence-electron chi connectivity index (χ0n) is 12.2. The zero-order valence-corrected chi connectivity index (χ0v) is 13.1. The maximum atomic E-state index is 13.2. The lowest BCUT2D eigenvalue weighted by Gasteiger charge is -2.26. The van der Waals surface area contributed by atoms with Crippen LogP contribution in [0.3, 0.4) is 0 Å². The van der Waals surface area contributed by atoms with Crippen molar-refractivity contribution in [3.8, 4) is 0 Å². The van der Waals surface area contributed by atoms with E-state index < -0.39 is 12.8 Å². The fourth-order valence-electron chi connectivity index (χ4n) is 3.24. The van der Waals surface area contributed by atoms with Gasteiger partial charge in [-0.1, -0.05) is 60.7 Å². The Morgan fingerprint density at radius 2 is 1.48 bits per heavy atom. The van der Waals surface area contributed by atoms with E-state index in [-0.39, 0.29) is 5.92 Å². The van der Waals surface area contributed by atoms with Gasteiger partial charge in [0.15, 0.2) is 0 Å². The van der Waals surface area contributed by atoms with Crippen LogP contribution in [0.2, 0.25) is 0 Å². The van der Waals surface area contributed by atoms with Crippen molar-refractivity contribution < 1.29 is 13.6 Å². The van der Waals surface area contributed by atoms with Crippen molar-refractivity contribution in [1.29, 1.82) is 0 Å². The summed E-state index contributed by atoms with van der Waals surface area (Å²) in [6.07, 6.45) is 0.778. The predicted octanol–water partition coefficient (Wildman–Crippen LogP) is 4.56. The Balaban J connectivity index is 2.10. The first kappa shape index (κ1) is 14.5. The number of rotatable bonds is 5. The Hall–Kier alpha value is -1.41. The van der Waals surface area contributed by atoms with Crippen molar-refractivity contribution in [2.24, 2.45) is 0 Å². The third-order valence-electron chi connectivity index (χ3n) is 4.38. The molecule has 1 aliphatic carbocycles. The predicted molar refractivity (Wildman–Crippen MR) is 83.5 cm³/mol. The molecule has 2 atom stereocenters. The average molecular weight is 302 g/mol. The molecule has 1 fully saturated rings. The highest BCUT2D eigenvalue weighted by molar-refractivity contribution is 7.55. The molecule has 0 N–H and O–H groups in total. The molecule has 3 rings (SSSR count). The highest BCUT2D eigenvalue weighted by atomic mass is 31.2. The van der Waals surface area contributed by atoms with Crippen LogP contribution in [-0.2, 0) is 18.8 Å². The number of hydrogen-bond donors (Lipinski definition) is 0. The van der Waals surface area contributed by atoms with Gasteiger partial charge in [0, 0.05) is 20.1 Å². The highest BCUT2D eigenvalue weighted by Gasteiger charge is 2.68. The van der Waals surface area contributed by atoms with Gasteiger partial charge in [0.2, 0.25) is 0 Å². The highest BCUT2D eigenvalue weighted by Crippen LogP contribution is 2.81. The monoisotopic (exact) mass is 302 g/mol. The van der Waals surface area contributed by atoms with E-state index in [4.69, 9.17) is 9.05 Å². The third-order valence-corrected chi connectivity index (χ3v) is 7.07. The summed E-state index contributed by atoms with van der Waals surface area (Å²) in [4.78, 5) is 0. The maximum Gasteiger partial charge on any atom is 0.341 e. The minimum Gasteiger partial charge on any atom is -0.311 e. The smallest absolute Gasteiger partial charge is 0.311 e. The lowest BCUT2D eigenvalue weighted by Crippen LogP contribution is -2.13. The Morgan fingerprint density at radius 3 is 2.00 bits per heavy atom. The normalized spacial score (nSPS) is 24.8. The van der Waals surface area contributed by atoms with E-state index in [0.29, 0.717) is 0 Å². The van der Waals surface area contributed by atoms with Crippen LogP contribution in [0.5, 0.6) is 0 Å². The molecule has 3 nitrogen and oxygen atoms in total. The van der Waals surface area contributed by atoms with Gasteiger partial charge in [-0.2, -0.15) is 0 Å². The van der Waals surface area contributed by atoms with Crippen molar-refractivity contribution >= 4 is 7.60 Å². The van der Waals surface area contributed by atoms with Gasteiger partial charge in [-0.25, -0.2) is 0 Å². The second kappa shape index (κ2) is 5.42. The largest absolute Gasteiger partial charge is 0.341 e. The minimum absolute atomic E-state index is 0.159. The SMILES string of the molecule is COP(=O)(OC)C1(c2ccccc2)CC1c1ccccc1. The molecule has 21 heavy (non-hydrogen) atoms. The molecule has 4 heteroatoms. The lowest BCUT2D eigenvalue weighted by molar-refractivity contribution is 0.261. The van der Waals surface area contributed by atoms with Crippen LogP contribution >= 0.6 is 7.60 Å². The van der Waals surface area contributed by atoms with Gasteiger partial charge < -0.3 is 9.05 Å². The van der Waals surface area contributed by atoms with Crippen molar-refractivity contribution in [3.63, 3.8) is 0 Å². The Kier molecular flexibility index (Phi) is 3.75. The molecule has 1 saturated carbocycles. The van der Waals surface area contributed by atoms with E-state index in [0.717, 1.165) is 12.0 Å². The molecule has 0 aliphatic heterocycles. The first-order valence-electron chi connectivity index (χ1n) is 7.00. The van der Waals surface area contributed by atoms with Crippen molar-refractivity contribution in [3.05, 3.63) is 71.8 Å². The van der Waals surface area contributed by atoms with Crippen LogP contribution in [0.1, 0.15) is 23.5 Å². The van der Waals surface area contributed by atoms with E-state index in [2.05, 4.69) is 12.1 Å². The van der Waals surface area contributed by atoms with E-state index in [1.165, 1.54) is 19.8 Å². The summed E-state index contributed by atoms with van der Waals surface area (Å²) in [5.74, 6) is 0.159. The maximum absolute atomic E-state index is 13.2. The molecule has 0 bridgehead atoms. The average Bonchev–Trinajstić information content (AvgIpc) is 3.33. The lowest BCUT2D eigenvalue weighted by atomic mass is 10.0. The molecule has 0 spiro atoms. The summed E-state index contributed by atoms with van der Waals surface area (Å²) in [5, 5.41) is -0.570. The first-order chi connectivity index (χ1) is 10.2. The van der Waals surface area contributed by atoms with Crippen LogP contribution in [0.25, 0.3) is 0 Å². The third kappa shape index (κ3) is 2.17. The van der Waals surface area contributed by atoms with Gasteiger partial charge in [0.1, 0.15) is 5.16 Å². The van der Waals surface area contributed by atoms with Crippen LogP contribution in [-0.4, -0.2) is 14.2 Å². The second-order valence-electron chi connectivity index (χ2n) is 5.32. The molecule has 0 radical (unpaired) electrons. The Labute approximate surface area is 125 Å². The summed E-state index contributed by atoms with van der Waals surface area (Å²) in [5.41, 5.74) is 2.20. The number of hydrogen-bond acceptors (Lipinski definition) is 3. The fourth-order valence-corrected chi connectivity index (χ4v) is 5.44. The molecule has 0 saturated heterocycles. The van der Waals surface area contributed by atoms with Gasteiger partial charge in [-0.15, -0.1) is 0 Å². The summed E-state index contributed by atoms with van der Waals surface area (Å²) >= 11 is 0. The number of benzene rings is 2. The molecule has 110 valence electrons. The van der Waals surface area contributed by atoms with Gasteiger partial charge in [0.25, 0.3) is 0 Å². The molecule has 0 amide bonds. The van der Waals surface area contributed by atoms with Crippen molar-refractivity contribution in [2.45, 2.75) is 17.5 Å². The standard InChI is InChI=1S/C17H19O3P/c1-19-21(18,20-2)17(15-11-7-4-8-12-15)13-16(17)14-9-5-3-6-10-14/h3-12,16H,13H2,1-2H3. The Bertz CT molecular complexity index is 648. The van der Waals surface area contributed by atoms with E-state index >= 15 is 0 Å². The van der Waals surface area contributed by atoms with E-state index in [1.807, 2.05) is 48.5 Å². The topological polar surface area (TPSA) is 35.5 Å². The van der Waals surface area contributed by atoms with Crippen LogP contribution < -0.4 is 0 Å². The van der Waals surface area contributed by atoms with E-state index in [1.54, 1.807) is 0 Å². The molecule has 0 heterocycles. The molecular formula is C17H19O3P. The summed E-state index contributed by atoms with van der Waals surface area (Å²) < 4.78 is 23.9. The molecular weight excluding hydrogens is 283 g/mol. The van der Waals surface area contributed by atoms with Crippen LogP contribution in [0, 0.1) is 0 Å². The second-order valence-corrected chi connectivity index (χ2v) is 7.84. The van der Waals surface area contributed by atoms with Crippen molar-refractivity contribution in [1.82, 2.24) is 0 Å². The minimum atomic E-state index is -3.22. The van der Waals surface area contributed by atoms with Gasteiger partial charge in [-0.05, 0) is 17.5 Å². The van der Waals surface area contributed by atoms with E-state index in [9.17, 15) is 4.57 Å². The van der Waals surface area contributed by atoms with Gasteiger partial charge in [0.05, 0.1) is 0 Å². The fraction of sp³-hybridized carbons (Fsp3) is 0.294. The molecule has 0 aromatic heterocycles. The quantitative estimate of drug-likeness (QED) is 0.760.